The summed E-state index contributed by atoms with van der Waals surface area (Å²) in [5, 5.41) is 3.42. The molecule has 0 heterocycles. The molecular weight excluding hydrogens is 470 g/mol. The molecule has 0 spiro atoms. The SMILES string of the molecule is CCOc1cc(CNc2ccc(Br)cc2)ccc1OCc1ccc(Br)cc1. The first-order chi connectivity index (χ1) is 13.1. The second kappa shape index (κ2) is 9.81. The van der Waals surface area contributed by atoms with Gasteiger partial charge in [0.25, 0.3) is 0 Å². The zero-order chi connectivity index (χ0) is 19.1. The fraction of sp³-hybridized carbons (Fsp3) is 0.182. The van der Waals surface area contributed by atoms with Crippen molar-refractivity contribution in [3.63, 3.8) is 0 Å². The number of hydrogen-bond acceptors (Lipinski definition) is 3. The van der Waals surface area contributed by atoms with Gasteiger partial charge in [0.05, 0.1) is 6.61 Å². The summed E-state index contributed by atoms with van der Waals surface area (Å²) >= 11 is 6.90. The highest BCUT2D eigenvalue weighted by atomic mass is 79.9. The first-order valence-electron chi connectivity index (χ1n) is 8.76. The minimum atomic E-state index is 0.504. The molecule has 0 aliphatic heterocycles. The molecule has 3 rings (SSSR count). The van der Waals surface area contributed by atoms with Crippen LogP contribution in [0.1, 0.15) is 18.1 Å². The van der Waals surface area contributed by atoms with Crippen molar-refractivity contribution in [1.29, 1.82) is 0 Å². The lowest BCUT2D eigenvalue weighted by atomic mass is 10.2. The quantitative estimate of drug-likeness (QED) is 0.376. The highest BCUT2D eigenvalue weighted by Crippen LogP contribution is 2.30. The Morgan fingerprint density at radius 3 is 2.04 bits per heavy atom. The van der Waals surface area contributed by atoms with Crippen LogP contribution >= 0.6 is 31.9 Å². The number of benzene rings is 3. The van der Waals surface area contributed by atoms with Gasteiger partial charge in [-0.2, -0.15) is 0 Å². The van der Waals surface area contributed by atoms with E-state index in [9.17, 15) is 0 Å². The maximum absolute atomic E-state index is 5.98. The lowest BCUT2D eigenvalue weighted by Gasteiger charge is -2.14. The van der Waals surface area contributed by atoms with Crippen LogP contribution in [0.15, 0.2) is 75.7 Å². The molecule has 0 saturated carbocycles. The lowest BCUT2D eigenvalue weighted by Crippen LogP contribution is -2.03. The van der Waals surface area contributed by atoms with E-state index in [2.05, 4.69) is 43.2 Å². The number of rotatable bonds is 8. The van der Waals surface area contributed by atoms with E-state index in [0.29, 0.717) is 19.8 Å². The Labute approximate surface area is 177 Å². The predicted octanol–water partition coefficient (Wildman–Crippen LogP) is 6.80. The Balaban J connectivity index is 1.66. The van der Waals surface area contributed by atoms with Gasteiger partial charge in [0, 0.05) is 21.2 Å². The molecule has 5 heteroatoms. The molecule has 0 aromatic heterocycles. The van der Waals surface area contributed by atoms with Crippen LogP contribution in [0.5, 0.6) is 11.5 Å². The molecule has 0 bridgehead atoms. The number of anilines is 1. The van der Waals surface area contributed by atoms with Gasteiger partial charge in [-0.25, -0.2) is 0 Å². The van der Waals surface area contributed by atoms with Gasteiger partial charge < -0.3 is 14.8 Å². The summed E-state index contributed by atoms with van der Waals surface area (Å²) < 4.78 is 13.9. The number of halogens is 2. The standard InChI is InChI=1S/C22H21Br2NO2/c1-2-26-22-13-17(14-25-20-10-8-19(24)9-11-20)5-12-21(22)27-15-16-3-6-18(23)7-4-16/h3-13,25H,2,14-15H2,1H3. The number of nitrogens with one attached hydrogen (secondary N) is 1. The van der Waals surface area contributed by atoms with Gasteiger partial charge in [-0.05, 0) is 66.6 Å². The summed E-state index contributed by atoms with van der Waals surface area (Å²) in [6, 6.07) is 22.3. The van der Waals surface area contributed by atoms with Gasteiger partial charge in [-0.15, -0.1) is 0 Å². The first-order valence-corrected chi connectivity index (χ1v) is 10.3. The lowest BCUT2D eigenvalue weighted by molar-refractivity contribution is 0.269. The van der Waals surface area contributed by atoms with Gasteiger partial charge >= 0.3 is 0 Å². The average Bonchev–Trinajstić information content (AvgIpc) is 2.68. The maximum atomic E-state index is 5.98. The first kappa shape index (κ1) is 19.8. The van der Waals surface area contributed by atoms with Crippen LogP contribution < -0.4 is 14.8 Å². The molecule has 1 N–H and O–H groups in total. The van der Waals surface area contributed by atoms with Crippen LogP contribution in [0.2, 0.25) is 0 Å². The molecule has 0 saturated heterocycles. The number of ether oxygens (including phenoxy) is 2. The van der Waals surface area contributed by atoms with Crippen LogP contribution in [0, 0.1) is 0 Å². The minimum Gasteiger partial charge on any atom is -0.490 e. The summed E-state index contributed by atoms with van der Waals surface area (Å²) in [7, 11) is 0. The van der Waals surface area contributed by atoms with Crippen molar-refractivity contribution in [3.8, 4) is 11.5 Å². The van der Waals surface area contributed by atoms with Crippen LogP contribution in [0.25, 0.3) is 0 Å². The average molecular weight is 491 g/mol. The van der Waals surface area contributed by atoms with Crippen molar-refractivity contribution in [2.45, 2.75) is 20.1 Å². The molecular formula is C22H21Br2NO2. The van der Waals surface area contributed by atoms with Crippen molar-refractivity contribution in [2.24, 2.45) is 0 Å². The third-order valence-electron chi connectivity index (χ3n) is 3.96. The Morgan fingerprint density at radius 2 is 1.37 bits per heavy atom. The van der Waals surface area contributed by atoms with Crippen LogP contribution in [0.4, 0.5) is 5.69 Å². The van der Waals surface area contributed by atoms with Crippen molar-refractivity contribution in [3.05, 3.63) is 86.8 Å². The van der Waals surface area contributed by atoms with Gasteiger partial charge in [0.2, 0.25) is 0 Å². The Kier molecular flexibility index (Phi) is 7.18. The van der Waals surface area contributed by atoms with E-state index >= 15 is 0 Å². The molecule has 27 heavy (non-hydrogen) atoms. The predicted molar refractivity (Wildman–Crippen MR) is 118 cm³/mol. The third kappa shape index (κ3) is 6.01. The fourth-order valence-corrected chi connectivity index (χ4v) is 3.09. The largest absolute Gasteiger partial charge is 0.490 e. The maximum Gasteiger partial charge on any atom is 0.161 e. The van der Waals surface area contributed by atoms with E-state index in [4.69, 9.17) is 9.47 Å². The topological polar surface area (TPSA) is 30.5 Å². The molecule has 0 amide bonds. The van der Waals surface area contributed by atoms with Crippen molar-refractivity contribution in [1.82, 2.24) is 0 Å². The molecule has 3 aromatic carbocycles. The molecule has 0 aliphatic carbocycles. The van der Waals surface area contributed by atoms with E-state index in [0.717, 1.165) is 37.3 Å². The van der Waals surface area contributed by atoms with Gasteiger partial charge in [0.1, 0.15) is 6.61 Å². The molecule has 0 unspecified atom stereocenters. The molecule has 0 atom stereocenters. The second-order valence-electron chi connectivity index (χ2n) is 5.99. The van der Waals surface area contributed by atoms with Crippen LogP contribution in [0.3, 0.4) is 0 Å². The van der Waals surface area contributed by atoms with E-state index in [-0.39, 0.29) is 0 Å². The zero-order valence-electron chi connectivity index (χ0n) is 15.0. The summed E-state index contributed by atoms with van der Waals surface area (Å²) in [5.41, 5.74) is 3.32. The molecule has 3 nitrogen and oxygen atoms in total. The molecule has 3 aromatic rings. The van der Waals surface area contributed by atoms with Crippen LogP contribution in [-0.2, 0) is 13.2 Å². The molecule has 0 fully saturated rings. The van der Waals surface area contributed by atoms with Gasteiger partial charge in [0.15, 0.2) is 11.5 Å². The molecule has 0 radical (unpaired) electrons. The van der Waals surface area contributed by atoms with Gasteiger partial charge in [-0.3, -0.25) is 0 Å². The van der Waals surface area contributed by atoms with Crippen LogP contribution in [-0.4, -0.2) is 6.61 Å². The van der Waals surface area contributed by atoms with E-state index < -0.39 is 0 Å². The minimum absolute atomic E-state index is 0.504. The van der Waals surface area contributed by atoms with E-state index in [1.54, 1.807) is 0 Å². The van der Waals surface area contributed by atoms with Crippen molar-refractivity contribution in [2.75, 3.05) is 11.9 Å². The Hall–Kier alpha value is -1.98. The second-order valence-corrected chi connectivity index (χ2v) is 7.82. The van der Waals surface area contributed by atoms with Crippen molar-refractivity contribution < 1.29 is 9.47 Å². The zero-order valence-corrected chi connectivity index (χ0v) is 18.2. The summed E-state index contributed by atoms with van der Waals surface area (Å²) in [6.45, 7) is 3.79. The summed E-state index contributed by atoms with van der Waals surface area (Å²) in [5.74, 6) is 1.52. The van der Waals surface area contributed by atoms with Crippen molar-refractivity contribution >= 4 is 37.5 Å². The van der Waals surface area contributed by atoms with E-state index in [1.807, 2.05) is 67.6 Å². The molecule has 140 valence electrons. The normalized spacial score (nSPS) is 10.5. The number of hydrogen-bond donors (Lipinski definition) is 1. The summed E-state index contributed by atoms with van der Waals surface area (Å²) in [6.07, 6.45) is 0. The fourth-order valence-electron chi connectivity index (χ4n) is 2.56. The third-order valence-corrected chi connectivity index (χ3v) is 5.01. The highest BCUT2D eigenvalue weighted by molar-refractivity contribution is 9.10. The van der Waals surface area contributed by atoms with E-state index in [1.165, 1.54) is 0 Å². The smallest absolute Gasteiger partial charge is 0.161 e. The summed E-state index contributed by atoms with van der Waals surface area (Å²) in [4.78, 5) is 0. The van der Waals surface area contributed by atoms with Gasteiger partial charge in [-0.1, -0.05) is 50.1 Å². The monoisotopic (exact) mass is 489 g/mol. The molecule has 0 aliphatic rings. The highest BCUT2D eigenvalue weighted by Gasteiger charge is 2.07. The Morgan fingerprint density at radius 1 is 0.741 bits per heavy atom. The Bertz CT molecular complexity index is 864.